The van der Waals surface area contributed by atoms with Crippen LogP contribution in [-0.2, 0) is 9.53 Å². The summed E-state index contributed by atoms with van der Waals surface area (Å²) in [6, 6.07) is 0.227. The lowest BCUT2D eigenvalue weighted by atomic mass is 10.2. The number of rotatable bonds is 2. The average Bonchev–Trinajstić information content (AvgIpc) is 2.96. The van der Waals surface area contributed by atoms with Gasteiger partial charge in [0, 0.05) is 7.11 Å². The zero-order chi connectivity index (χ0) is 21.8. The fraction of sp³-hybridized carbons (Fsp3) is 0.857. The van der Waals surface area contributed by atoms with Crippen molar-refractivity contribution in [3.8, 4) is 0 Å². The van der Waals surface area contributed by atoms with Crippen molar-refractivity contribution in [3.05, 3.63) is 12.3 Å². The zero-order valence-corrected chi connectivity index (χ0v) is 18.6. The lowest BCUT2D eigenvalue weighted by Crippen LogP contribution is -2.26. The molecule has 0 amide bonds. The largest absolute Gasteiger partial charge is 0.511 e. The number of ether oxygens (including phenoxy) is 1. The maximum atomic E-state index is 10.4. The molecule has 1 saturated heterocycles. The Labute approximate surface area is 169 Å². The smallest absolute Gasteiger partial charge is 0.332 e. The lowest BCUT2D eigenvalue weighted by molar-refractivity contribution is -0.158. The van der Waals surface area contributed by atoms with E-state index in [0.717, 1.165) is 20.1 Å². The van der Waals surface area contributed by atoms with E-state index in [1.54, 1.807) is 20.8 Å². The number of carbonyl (C=O) groups excluding carboxylic acids is 1. The van der Waals surface area contributed by atoms with Gasteiger partial charge < -0.3 is 20.1 Å². The van der Waals surface area contributed by atoms with Crippen molar-refractivity contribution in [1.29, 1.82) is 0 Å². The molecule has 6 nitrogen and oxygen atoms in total. The second-order valence-electron chi connectivity index (χ2n) is 6.79. The van der Waals surface area contributed by atoms with Gasteiger partial charge in [-0.25, -0.2) is 4.79 Å². The first-order chi connectivity index (χ1) is 12.0. The normalized spacial score (nSPS) is 14.9. The number of likely N-dealkylation sites (N-methyl/N-ethyl adjacent to an activating group) is 1. The third-order valence-electron chi connectivity index (χ3n) is 2.45. The minimum absolute atomic E-state index is 0. The Morgan fingerprint density at radius 1 is 1.15 bits per heavy atom. The van der Waals surface area contributed by atoms with Crippen LogP contribution in [0.3, 0.4) is 0 Å². The second-order valence-corrected chi connectivity index (χ2v) is 6.79. The van der Waals surface area contributed by atoms with E-state index in [-0.39, 0.29) is 13.5 Å². The number of aliphatic hydroxyl groups excluding tert-OH is 3. The lowest BCUT2D eigenvalue weighted by Gasteiger charge is -2.18. The quantitative estimate of drug-likeness (QED) is 0.469. The van der Waals surface area contributed by atoms with Gasteiger partial charge in [-0.2, -0.15) is 0 Å². The summed E-state index contributed by atoms with van der Waals surface area (Å²) >= 11 is 0. The highest BCUT2D eigenvalue weighted by atomic mass is 16.6. The summed E-state index contributed by atoms with van der Waals surface area (Å²) in [5, 5.41) is 24.2. The molecular weight excluding hydrogens is 346 g/mol. The van der Waals surface area contributed by atoms with Crippen LogP contribution in [0.1, 0.15) is 81.6 Å². The van der Waals surface area contributed by atoms with Crippen LogP contribution < -0.4 is 0 Å². The van der Waals surface area contributed by atoms with Crippen molar-refractivity contribution in [2.45, 2.75) is 93.2 Å². The highest BCUT2D eigenvalue weighted by Crippen LogP contribution is 2.18. The van der Waals surface area contributed by atoms with Crippen LogP contribution in [0.4, 0.5) is 0 Å². The molecule has 0 saturated carbocycles. The topological polar surface area (TPSA) is 90.2 Å². The Kier molecular flexibility index (Phi) is 33.9. The minimum atomic E-state index is -0.581. The molecule has 1 aliphatic heterocycles. The molecule has 0 aromatic rings. The van der Waals surface area contributed by atoms with E-state index >= 15 is 0 Å². The molecule has 1 aliphatic rings. The predicted molar refractivity (Wildman–Crippen MR) is 117 cm³/mol. The van der Waals surface area contributed by atoms with Gasteiger partial charge in [-0.05, 0) is 47.2 Å². The van der Waals surface area contributed by atoms with Crippen LogP contribution >= 0.6 is 0 Å². The van der Waals surface area contributed by atoms with Gasteiger partial charge in [-0.3, -0.25) is 4.90 Å². The number of esters is 1. The molecule has 27 heavy (non-hydrogen) atoms. The maximum Gasteiger partial charge on any atom is 0.332 e. The van der Waals surface area contributed by atoms with E-state index in [1.165, 1.54) is 19.3 Å². The fourth-order valence-corrected chi connectivity index (χ4v) is 1.71. The monoisotopic (exact) mass is 395 g/mol. The van der Waals surface area contributed by atoms with E-state index in [1.807, 2.05) is 7.05 Å². The molecule has 168 valence electrons. The second kappa shape index (κ2) is 24.9. The molecule has 3 N–H and O–H groups in total. The summed E-state index contributed by atoms with van der Waals surface area (Å²) in [6.07, 6.45) is 4.74. The van der Waals surface area contributed by atoms with Gasteiger partial charge in [-0.1, -0.05) is 54.5 Å². The first-order valence-corrected chi connectivity index (χ1v) is 9.35. The summed E-state index contributed by atoms with van der Waals surface area (Å²) in [4.78, 5) is 12.5. The van der Waals surface area contributed by atoms with Crippen molar-refractivity contribution >= 4 is 5.97 Å². The van der Waals surface area contributed by atoms with Crippen LogP contribution in [0.5, 0.6) is 0 Å². The van der Waals surface area contributed by atoms with E-state index in [4.69, 9.17) is 20.1 Å². The number of carbonyl (C=O) groups is 1. The predicted octanol–water partition coefficient (Wildman–Crippen LogP) is 4.55. The number of hydrogen-bond donors (Lipinski definition) is 3. The van der Waals surface area contributed by atoms with Gasteiger partial charge in [0.1, 0.15) is 18.0 Å². The van der Waals surface area contributed by atoms with Crippen LogP contribution in [0.15, 0.2) is 12.3 Å². The maximum absolute atomic E-state index is 10.4. The molecule has 1 atom stereocenters. The number of likely N-dealkylation sites (tertiary alicyclic amines) is 1. The van der Waals surface area contributed by atoms with E-state index in [9.17, 15) is 4.79 Å². The Bertz CT molecular complexity index is 310. The Morgan fingerprint density at radius 3 is 1.63 bits per heavy atom. The average molecular weight is 396 g/mol. The molecule has 0 bridgehead atoms. The highest BCUT2D eigenvalue weighted by Gasteiger charge is 2.22. The van der Waals surface area contributed by atoms with Crippen molar-refractivity contribution in [2.24, 2.45) is 0 Å². The molecule has 0 aliphatic carbocycles. The molecule has 0 spiro atoms. The summed E-state index contributed by atoms with van der Waals surface area (Å²) in [7, 11) is 3.01. The highest BCUT2D eigenvalue weighted by molar-refractivity contribution is 5.70. The zero-order valence-electron chi connectivity index (χ0n) is 18.6. The molecular formula is C21H49NO5. The number of hydrogen-bond acceptors (Lipinski definition) is 6. The third-order valence-corrected chi connectivity index (χ3v) is 2.45. The SMILES string of the molecule is C.C=C(O)[C@@H]1CCCN1C.CC(C)(C)OC(=O)CO.CCC.CCC.CO. The molecule has 1 fully saturated rings. The molecule has 0 aromatic heterocycles. The molecule has 1 rings (SSSR count). The van der Waals surface area contributed by atoms with Gasteiger partial charge in [0.2, 0.25) is 0 Å². The third kappa shape index (κ3) is 33.0. The molecule has 6 heteroatoms. The first-order valence-electron chi connectivity index (χ1n) is 9.35. The van der Waals surface area contributed by atoms with E-state index in [0.29, 0.717) is 5.76 Å². The van der Waals surface area contributed by atoms with Gasteiger partial charge in [-0.15, -0.1) is 0 Å². The van der Waals surface area contributed by atoms with Gasteiger partial charge >= 0.3 is 5.97 Å². The Balaban J connectivity index is -0.0000000844. The number of nitrogens with zero attached hydrogens (tertiary/aromatic N) is 1. The fourth-order valence-electron chi connectivity index (χ4n) is 1.71. The minimum Gasteiger partial charge on any atom is -0.511 e. The molecule has 0 aromatic carbocycles. The number of aliphatic hydroxyl groups is 3. The standard InChI is InChI=1S/C7H13NO.C6H12O3.2C3H8.CH4O.CH4/c1-6(9)7-4-3-5-8(7)2;1-6(2,3)9-5(8)4-7;2*1-3-2;1-2;/h7,9H,1,3-5H2,2H3;7H,4H2,1-3H3;2*3H2,1-2H3;2H,1H3;1H4/t7-;;;;;/m0...../s1. The van der Waals surface area contributed by atoms with Gasteiger partial charge in [0.25, 0.3) is 0 Å². The van der Waals surface area contributed by atoms with Crippen molar-refractivity contribution in [3.63, 3.8) is 0 Å². The van der Waals surface area contributed by atoms with Crippen molar-refractivity contribution < 1.29 is 24.9 Å². The van der Waals surface area contributed by atoms with Crippen LogP contribution in [0.25, 0.3) is 0 Å². The molecule has 1 heterocycles. The Hall–Kier alpha value is -1.11. The van der Waals surface area contributed by atoms with Crippen LogP contribution in [-0.4, -0.2) is 65.1 Å². The summed E-state index contributed by atoms with van der Waals surface area (Å²) in [6.45, 7) is 17.8. The molecule has 0 unspecified atom stereocenters. The van der Waals surface area contributed by atoms with E-state index < -0.39 is 18.2 Å². The summed E-state index contributed by atoms with van der Waals surface area (Å²) < 4.78 is 4.70. The van der Waals surface area contributed by atoms with Crippen LogP contribution in [0, 0.1) is 0 Å². The van der Waals surface area contributed by atoms with Crippen LogP contribution in [0.2, 0.25) is 0 Å². The first kappa shape index (κ1) is 36.8. The van der Waals surface area contributed by atoms with Crippen molar-refractivity contribution in [2.75, 3.05) is 27.3 Å². The summed E-state index contributed by atoms with van der Waals surface area (Å²) in [5.74, 6) is -0.266. The van der Waals surface area contributed by atoms with Gasteiger partial charge in [0.15, 0.2) is 0 Å². The summed E-state index contributed by atoms with van der Waals surface area (Å²) in [5.41, 5.74) is -0.486. The molecule has 0 radical (unpaired) electrons. The van der Waals surface area contributed by atoms with Gasteiger partial charge in [0.05, 0.1) is 6.04 Å². The van der Waals surface area contributed by atoms with Crippen molar-refractivity contribution in [1.82, 2.24) is 4.90 Å². The Morgan fingerprint density at radius 2 is 1.52 bits per heavy atom. The van der Waals surface area contributed by atoms with E-state index in [2.05, 4.69) is 39.2 Å².